The SMILES string of the molecule is C#CN(C(=O)C(C)NC(=O)OC(C)(C)C)C(C(=O)Nc1ccc2ccccc2c1)c1cc(C)ccc1C. The molecule has 37 heavy (non-hydrogen) atoms. The molecule has 0 heterocycles. The van der Waals surface area contributed by atoms with Crippen LogP contribution in [0, 0.1) is 26.3 Å². The van der Waals surface area contributed by atoms with Crippen LogP contribution in [0.1, 0.15) is 50.4 Å². The molecule has 3 aromatic rings. The van der Waals surface area contributed by atoms with Crippen molar-refractivity contribution in [2.45, 2.75) is 59.2 Å². The summed E-state index contributed by atoms with van der Waals surface area (Å²) in [6.07, 6.45) is 5.05. The maximum atomic E-state index is 13.7. The summed E-state index contributed by atoms with van der Waals surface area (Å²) in [6, 6.07) is 19.2. The molecule has 2 N–H and O–H groups in total. The number of carbonyl (C=O) groups is 3. The van der Waals surface area contributed by atoms with Crippen LogP contribution in [0.5, 0.6) is 0 Å². The molecule has 3 aromatic carbocycles. The lowest BCUT2D eigenvalue weighted by molar-refractivity contribution is -0.136. The number of terminal acetylenes is 1. The van der Waals surface area contributed by atoms with Crippen LogP contribution in [0.2, 0.25) is 0 Å². The number of nitrogens with zero attached hydrogens (tertiary/aromatic N) is 1. The maximum Gasteiger partial charge on any atom is 0.408 e. The van der Waals surface area contributed by atoms with Gasteiger partial charge in [0.05, 0.1) is 0 Å². The molecule has 3 rings (SSSR count). The largest absolute Gasteiger partial charge is 0.444 e. The van der Waals surface area contributed by atoms with E-state index in [9.17, 15) is 14.4 Å². The first-order valence-electron chi connectivity index (χ1n) is 12.1. The van der Waals surface area contributed by atoms with E-state index in [0.717, 1.165) is 26.8 Å². The Morgan fingerprint density at radius 2 is 1.65 bits per heavy atom. The van der Waals surface area contributed by atoms with Gasteiger partial charge in [-0.15, -0.1) is 0 Å². The summed E-state index contributed by atoms with van der Waals surface area (Å²) < 4.78 is 5.26. The van der Waals surface area contributed by atoms with Crippen molar-refractivity contribution >= 4 is 34.4 Å². The van der Waals surface area contributed by atoms with Crippen molar-refractivity contribution in [3.8, 4) is 12.5 Å². The van der Waals surface area contributed by atoms with Crippen molar-refractivity contribution in [2.75, 3.05) is 5.32 Å². The Kier molecular flexibility index (Phi) is 8.24. The Morgan fingerprint density at radius 1 is 0.973 bits per heavy atom. The Morgan fingerprint density at radius 3 is 2.30 bits per heavy atom. The summed E-state index contributed by atoms with van der Waals surface area (Å²) in [5, 5.41) is 7.43. The van der Waals surface area contributed by atoms with E-state index < -0.39 is 35.6 Å². The number of ether oxygens (including phenoxy) is 1. The Hall–Kier alpha value is -4.31. The van der Waals surface area contributed by atoms with E-state index in [2.05, 4.69) is 16.7 Å². The second-order valence-corrected chi connectivity index (χ2v) is 10.0. The van der Waals surface area contributed by atoms with Crippen molar-refractivity contribution in [1.29, 1.82) is 0 Å². The Balaban J connectivity index is 1.95. The highest BCUT2D eigenvalue weighted by molar-refractivity contribution is 6.01. The van der Waals surface area contributed by atoms with Crippen LogP contribution in [0.25, 0.3) is 10.8 Å². The molecule has 0 spiro atoms. The predicted molar refractivity (Wildman–Crippen MR) is 146 cm³/mol. The lowest BCUT2D eigenvalue weighted by Crippen LogP contribution is -2.49. The fourth-order valence-electron chi connectivity index (χ4n) is 3.95. The lowest BCUT2D eigenvalue weighted by atomic mass is 9.96. The summed E-state index contributed by atoms with van der Waals surface area (Å²) in [4.78, 5) is 40.5. The number of alkyl carbamates (subject to hydrolysis) is 1. The number of benzene rings is 3. The van der Waals surface area contributed by atoms with Crippen molar-refractivity contribution in [2.24, 2.45) is 0 Å². The Bertz CT molecular complexity index is 1370. The van der Waals surface area contributed by atoms with E-state index >= 15 is 0 Å². The summed E-state index contributed by atoms with van der Waals surface area (Å²) in [5.41, 5.74) is 2.13. The van der Waals surface area contributed by atoms with E-state index in [1.165, 1.54) is 6.92 Å². The zero-order valence-electron chi connectivity index (χ0n) is 22.1. The number of anilines is 1. The first-order chi connectivity index (χ1) is 17.4. The predicted octanol–water partition coefficient (Wildman–Crippen LogP) is 5.47. The second kappa shape index (κ2) is 11.2. The summed E-state index contributed by atoms with van der Waals surface area (Å²) >= 11 is 0. The topological polar surface area (TPSA) is 87.7 Å². The van der Waals surface area contributed by atoms with Gasteiger partial charge in [0.1, 0.15) is 17.7 Å². The van der Waals surface area contributed by atoms with Crippen LogP contribution in [0.3, 0.4) is 0 Å². The highest BCUT2D eigenvalue weighted by Crippen LogP contribution is 2.28. The van der Waals surface area contributed by atoms with Gasteiger partial charge in [-0.05, 0) is 75.6 Å². The molecule has 2 atom stereocenters. The van der Waals surface area contributed by atoms with Gasteiger partial charge >= 0.3 is 6.09 Å². The molecular weight excluding hydrogens is 466 g/mol. The smallest absolute Gasteiger partial charge is 0.408 e. The van der Waals surface area contributed by atoms with Crippen LogP contribution in [0.15, 0.2) is 60.7 Å². The number of rotatable bonds is 6. The van der Waals surface area contributed by atoms with Gasteiger partial charge in [0, 0.05) is 11.7 Å². The van der Waals surface area contributed by atoms with Gasteiger partial charge in [-0.1, -0.05) is 60.5 Å². The van der Waals surface area contributed by atoms with Gasteiger partial charge in [-0.25, -0.2) is 4.79 Å². The van der Waals surface area contributed by atoms with Crippen LogP contribution in [-0.2, 0) is 14.3 Å². The molecule has 2 unspecified atom stereocenters. The van der Waals surface area contributed by atoms with Crippen molar-refractivity contribution in [1.82, 2.24) is 10.2 Å². The highest BCUT2D eigenvalue weighted by atomic mass is 16.6. The molecule has 0 fully saturated rings. The van der Waals surface area contributed by atoms with E-state index in [0.29, 0.717) is 11.3 Å². The van der Waals surface area contributed by atoms with Gasteiger partial charge in [0.2, 0.25) is 0 Å². The number of nitrogens with one attached hydrogen (secondary N) is 2. The monoisotopic (exact) mass is 499 g/mol. The van der Waals surface area contributed by atoms with Crippen LogP contribution < -0.4 is 10.6 Å². The van der Waals surface area contributed by atoms with Crippen LogP contribution in [0.4, 0.5) is 10.5 Å². The van der Waals surface area contributed by atoms with Gasteiger partial charge in [-0.2, -0.15) is 0 Å². The average Bonchev–Trinajstić information content (AvgIpc) is 2.82. The Labute approximate surface area is 218 Å². The number of amides is 3. The molecule has 0 bridgehead atoms. The first-order valence-corrected chi connectivity index (χ1v) is 12.1. The van der Waals surface area contributed by atoms with Gasteiger partial charge in [-0.3, -0.25) is 14.5 Å². The third kappa shape index (κ3) is 6.89. The summed E-state index contributed by atoms with van der Waals surface area (Å²) in [5.74, 6) is -1.09. The lowest BCUT2D eigenvalue weighted by Gasteiger charge is -2.30. The zero-order valence-corrected chi connectivity index (χ0v) is 22.1. The van der Waals surface area contributed by atoms with E-state index in [-0.39, 0.29) is 0 Å². The van der Waals surface area contributed by atoms with E-state index in [1.807, 2.05) is 68.4 Å². The van der Waals surface area contributed by atoms with Crippen LogP contribution >= 0.6 is 0 Å². The fraction of sp³-hybridized carbons (Fsp3) is 0.300. The number of hydrogen-bond acceptors (Lipinski definition) is 4. The molecule has 7 nitrogen and oxygen atoms in total. The van der Waals surface area contributed by atoms with Crippen molar-refractivity contribution in [3.63, 3.8) is 0 Å². The summed E-state index contributed by atoms with van der Waals surface area (Å²) in [6.45, 7) is 10.4. The van der Waals surface area contributed by atoms with Gasteiger partial charge in [0.25, 0.3) is 11.8 Å². The third-order valence-corrected chi connectivity index (χ3v) is 5.73. The molecule has 0 aromatic heterocycles. The van der Waals surface area contributed by atoms with Crippen molar-refractivity contribution in [3.05, 3.63) is 77.4 Å². The first kappa shape index (κ1) is 27.3. The molecule has 0 aliphatic rings. The molecule has 0 radical (unpaired) electrons. The quantitative estimate of drug-likeness (QED) is 0.348. The zero-order chi connectivity index (χ0) is 27.3. The number of hydrogen-bond donors (Lipinski definition) is 2. The molecule has 3 amide bonds. The number of fused-ring (bicyclic) bond motifs is 1. The minimum atomic E-state index is -1.13. The second-order valence-electron chi connectivity index (χ2n) is 10.0. The minimum Gasteiger partial charge on any atom is -0.444 e. The number of carbonyl (C=O) groups excluding carboxylic acids is 3. The number of aryl methyl sites for hydroxylation is 2. The van der Waals surface area contributed by atoms with Crippen LogP contribution in [-0.4, -0.2) is 34.5 Å². The van der Waals surface area contributed by atoms with Crippen molar-refractivity contribution < 1.29 is 19.1 Å². The molecule has 0 aliphatic heterocycles. The van der Waals surface area contributed by atoms with Gasteiger partial charge in [0.15, 0.2) is 0 Å². The van der Waals surface area contributed by atoms with E-state index in [4.69, 9.17) is 11.2 Å². The molecule has 192 valence electrons. The molecule has 0 saturated heterocycles. The minimum absolute atomic E-state index is 0.472. The molecule has 0 aliphatic carbocycles. The molecule has 0 saturated carbocycles. The molecular formula is C30H33N3O4. The van der Waals surface area contributed by atoms with Gasteiger partial charge < -0.3 is 15.4 Å². The third-order valence-electron chi connectivity index (χ3n) is 5.73. The fourth-order valence-corrected chi connectivity index (χ4v) is 3.95. The van der Waals surface area contributed by atoms with E-state index in [1.54, 1.807) is 26.8 Å². The molecule has 7 heteroatoms. The summed E-state index contributed by atoms with van der Waals surface area (Å²) in [7, 11) is 0. The highest BCUT2D eigenvalue weighted by Gasteiger charge is 2.35. The normalized spacial score (nSPS) is 12.7. The standard InChI is InChI=1S/C30H33N3O4/c1-8-33(28(35)21(4)31-29(36)37-30(5,6)7)26(25-17-19(2)13-14-20(25)3)27(34)32-24-16-15-22-11-9-10-12-23(22)18-24/h1,9-18,21,26H,2-7H3,(H,31,36)(H,32,34). The maximum absolute atomic E-state index is 13.7. The average molecular weight is 500 g/mol.